The van der Waals surface area contributed by atoms with Crippen molar-refractivity contribution < 1.29 is 4.74 Å². The second-order valence-electron chi connectivity index (χ2n) is 5.36. The largest absolute Gasteiger partial charge is 0.488 e. The van der Waals surface area contributed by atoms with Crippen LogP contribution < -0.4 is 16.2 Å². The predicted molar refractivity (Wildman–Crippen MR) is 107 cm³/mol. The number of rotatable bonds is 4. The summed E-state index contributed by atoms with van der Waals surface area (Å²) in [6.07, 6.45) is 0. The minimum Gasteiger partial charge on any atom is -0.488 e. The number of hydrogen-bond donors (Lipinski definition) is 2. The second-order valence-corrected chi connectivity index (χ2v) is 7.19. The fourth-order valence-corrected chi connectivity index (χ4v) is 3.21. The summed E-state index contributed by atoms with van der Waals surface area (Å²) in [4.78, 5) is 8.05. The van der Waals surface area contributed by atoms with Gasteiger partial charge in [-0.05, 0) is 35.9 Å². The number of halogens is 2. The highest BCUT2D eigenvalue weighted by molar-refractivity contribution is 9.10. The summed E-state index contributed by atoms with van der Waals surface area (Å²) in [6, 6.07) is 15.3. The van der Waals surface area contributed by atoms with Crippen LogP contribution in [0.1, 0.15) is 11.1 Å². The molecule has 130 valence electrons. The fraction of sp³-hybridized carbons (Fsp3) is 0.0556. The number of ether oxygens (including phenoxy) is 1. The maximum Gasteiger partial charge on any atom is 0.222 e. The Morgan fingerprint density at radius 1 is 1.04 bits per heavy atom. The minimum absolute atomic E-state index is 0.00517. The first kappa shape index (κ1) is 18.2. The van der Waals surface area contributed by atoms with Gasteiger partial charge < -0.3 is 16.2 Å². The zero-order valence-electron chi connectivity index (χ0n) is 13.4. The molecule has 8 heteroatoms. The first-order valence-corrected chi connectivity index (χ1v) is 9.07. The lowest BCUT2D eigenvalue weighted by Crippen LogP contribution is -2.06. The SMILES string of the molecule is N#Cc1c(N)nc(N)nc1-c1cc(Br)ccc1OCc1cccc(Br)c1. The van der Waals surface area contributed by atoms with Crippen LogP contribution in [0.15, 0.2) is 51.4 Å². The number of anilines is 2. The van der Waals surface area contributed by atoms with Crippen LogP contribution in [0, 0.1) is 11.3 Å². The second kappa shape index (κ2) is 7.72. The minimum atomic E-state index is -0.00517. The van der Waals surface area contributed by atoms with E-state index in [2.05, 4.69) is 41.8 Å². The fourth-order valence-electron chi connectivity index (χ4n) is 2.40. The first-order valence-electron chi connectivity index (χ1n) is 7.48. The van der Waals surface area contributed by atoms with Crippen LogP contribution in [-0.2, 0) is 6.61 Å². The quantitative estimate of drug-likeness (QED) is 0.583. The van der Waals surface area contributed by atoms with Gasteiger partial charge in [0.05, 0.1) is 5.69 Å². The molecule has 0 amide bonds. The summed E-state index contributed by atoms with van der Waals surface area (Å²) in [6.45, 7) is 0.353. The van der Waals surface area contributed by atoms with Gasteiger partial charge >= 0.3 is 0 Å². The van der Waals surface area contributed by atoms with Crippen molar-refractivity contribution in [3.05, 3.63) is 62.5 Å². The number of aromatic nitrogens is 2. The Hall–Kier alpha value is -2.63. The average molecular weight is 475 g/mol. The number of benzene rings is 2. The van der Waals surface area contributed by atoms with Crippen molar-refractivity contribution in [3.63, 3.8) is 0 Å². The number of nitriles is 1. The number of nitrogens with zero attached hydrogens (tertiary/aromatic N) is 3. The van der Waals surface area contributed by atoms with Gasteiger partial charge in [0.1, 0.15) is 29.8 Å². The summed E-state index contributed by atoms with van der Waals surface area (Å²) in [5, 5.41) is 9.44. The Bertz CT molecular complexity index is 1020. The van der Waals surface area contributed by atoms with Crippen LogP contribution in [0.5, 0.6) is 5.75 Å². The number of nitrogen functional groups attached to an aromatic ring is 2. The highest BCUT2D eigenvalue weighted by Gasteiger charge is 2.17. The van der Waals surface area contributed by atoms with Gasteiger partial charge in [-0.15, -0.1) is 0 Å². The summed E-state index contributed by atoms with van der Waals surface area (Å²) < 4.78 is 7.75. The van der Waals surface area contributed by atoms with Crippen LogP contribution in [0.4, 0.5) is 11.8 Å². The maximum absolute atomic E-state index is 9.44. The van der Waals surface area contributed by atoms with E-state index in [9.17, 15) is 5.26 Å². The molecule has 26 heavy (non-hydrogen) atoms. The Labute approximate surface area is 167 Å². The average Bonchev–Trinajstić information content (AvgIpc) is 2.60. The van der Waals surface area contributed by atoms with Gasteiger partial charge in [-0.2, -0.15) is 10.2 Å². The lowest BCUT2D eigenvalue weighted by atomic mass is 10.1. The summed E-state index contributed by atoms with van der Waals surface area (Å²) >= 11 is 6.87. The predicted octanol–water partition coefficient (Wildman–Crippen LogP) is 4.28. The summed E-state index contributed by atoms with van der Waals surface area (Å²) in [5.41, 5.74) is 13.6. The van der Waals surface area contributed by atoms with E-state index in [1.54, 1.807) is 12.1 Å². The number of nitrogens with two attached hydrogens (primary N) is 2. The highest BCUT2D eigenvalue weighted by atomic mass is 79.9. The standard InChI is InChI=1S/C18H13Br2N5O/c19-11-3-1-2-10(6-11)9-26-15-5-4-12(20)7-13(15)16-14(8-21)17(22)25-18(23)24-16/h1-7H,9H2,(H4,22,23,24,25). The molecule has 0 spiro atoms. The molecule has 0 aliphatic carbocycles. The molecule has 1 aromatic heterocycles. The van der Waals surface area contributed by atoms with Crippen molar-refractivity contribution in [1.29, 1.82) is 5.26 Å². The molecule has 0 aliphatic heterocycles. The van der Waals surface area contributed by atoms with Crippen molar-refractivity contribution in [2.45, 2.75) is 6.61 Å². The van der Waals surface area contributed by atoms with Gasteiger partial charge in [-0.25, -0.2) is 4.98 Å². The van der Waals surface area contributed by atoms with Gasteiger partial charge in [0.2, 0.25) is 5.95 Å². The molecule has 0 bridgehead atoms. The van der Waals surface area contributed by atoms with E-state index in [-0.39, 0.29) is 17.3 Å². The lowest BCUT2D eigenvalue weighted by molar-refractivity contribution is 0.307. The molecular formula is C18H13Br2N5O. The third-order valence-corrected chi connectivity index (χ3v) is 4.53. The molecule has 6 nitrogen and oxygen atoms in total. The van der Waals surface area contributed by atoms with Crippen LogP contribution in [0.3, 0.4) is 0 Å². The number of hydrogen-bond acceptors (Lipinski definition) is 6. The van der Waals surface area contributed by atoms with E-state index >= 15 is 0 Å². The van der Waals surface area contributed by atoms with Crippen LogP contribution >= 0.6 is 31.9 Å². The smallest absolute Gasteiger partial charge is 0.222 e. The van der Waals surface area contributed by atoms with E-state index in [1.807, 2.05) is 36.4 Å². The van der Waals surface area contributed by atoms with Crippen LogP contribution in [0.2, 0.25) is 0 Å². The van der Waals surface area contributed by atoms with Crippen molar-refractivity contribution in [2.75, 3.05) is 11.5 Å². The molecule has 0 saturated heterocycles. The third kappa shape index (κ3) is 3.95. The molecule has 0 aliphatic rings. The molecule has 2 aromatic carbocycles. The van der Waals surface area contributed by atoms with Gasteiger partial charge in [-0.3, -0.25) is 0 Å². The van der Waals surface area contributed by atoms with E-state index in [1.165, 1.54) is 0 Å². The zero-order valence-corrected chi connectivity index (χ0v) is 16.6. The van der Waals surface area contributed by atoms with Gasteiger partial charge in [0.15, 0.2) is 0 Å². The maximum atomic E-state index is 9.44. The van der Waals surface area contributed by atoms with E-state index < -0.39 is 0 Å². The Morgan fingerprint density at radius 2 is 1.81 bits per heavy atom. The molecule has 0 radical (unpaired) electrons. The van der Waals surface area contributed by atoms with Gasteiger partial charge in [-0.1, -0.05) is 44.0 Å². The van der Waals surface area contributed by atoms with Crippen molar-refractivity contribution in [3.8, 4) is 23.1 Å². The monoisotopic (exact) mass is 473 g/mol. The molecule has 1 heterocycles. The molecule has 3 aromatic rings. The van der Waals surface area contributed by atoms with Crippen molar-refractivity contribution >= 4 is 43.6 Å². The molecule has 3 rings (SSSR count). The van der Waals surface area contributed by atoms with Gasteiger partial charge in [0, 0.05) is 14.5 Å². The highest BCUT2D eigenvalue weighted by Crippen LogP contribution is 2.35. The molecule has 4 N–H and O–H groups in total. The third-order valence-electron chi connectivity index (χ3n) is 3.55. The topological polar surface area (TPSA) is 111 Å². The molecule has 0 saturated carbocycles. The summed E-state index contributed by atoms with van der Waals surface area (Å²) in [5.74, 6) is 0.588. The van der Waals surface area contributed by atoms with Crippen molar-refractivity contribution in [1.82, 2.24) is 9.97 Å². The first-order chi connectivity index (χ1) is 12.5. The normalized spacial score (nSPS) is 10.3. The Morgan fingerprint density at radius 3 is 2.54 bits per heavy atom. The van der Waals surface area contributed by atoms with Crippen LogP contribution in [0.25, 0.3) is 11.3 Å². The van der Waals surface area contributed by atoms with E-state index in [0.29, 0.717) is 23.6 Å². The van der Waals surface area contributed by atoms with E-state index in [4.69, 9.17) is 16.2 Å². The molecule has 0 fully saturated rings. The van der Waals surface area contributed by atoms with E-state index in [0.717, 1.165) is 14.5 Å². The summed E-state index contributed by atoms with van der Waals surface area (Å²) in [7, 11) is 0. The Balaban J connectivity index is 2.04. The lowest BCUT2D eigenvalue weighted by Gasteiger charge is -2.14. The molecule has 0 atom stereocenters. The van der Waals surface area contributed by atoms with Gasteiger partial charge in [0.25, 0.3) is 0 Å². The molecular weight excluding hydrogens is 462 g/mol. The Kier molecular flexibility index (Phi) is 5.40. The zero-order chi connectivity index (χ0) is 18.7. The van der Waals surface area contributed by atoms with Crippen molar-refractivity contribution in [2.24, 2.45) is 0 Å². The van der Waals surface area contributed by atoms with Crippen LogP contribution in [-0.4, -0.2) is 9.97 Å². The molecule has 0 unspecified atom stereocenters.